The molecule has 2 saturated heterocycles. The number of carbonyl (C=O) groups is 3. The SMILES string of the molecule is Cn1cc([C@@H]2CN(C(=O)CCN3CCCC3=O)C[C@@H]2CC(=O)O)nn1. The van der Waals surface area contributed by atoms with Crippen LogP contribution in [0.25, 0.3) is 0 Å². The van der Waals surface area contributed by atoms with E-state index in [9.17, 15) is 14.4 Å². The summed E-state index contributed by atoms with van der Waals surface area (Å²) in [6, 6.07) is 0. The fraction of sp³-hybridized carbons (Fsp3) is 0.688. The van der Waals surface area contributed by atoms with E-state index in [1.165, 1.54) is 0 Å². The first-order valence-electron chi connectivity index (χ1n) is 8.57. The molecule has 0 spiro atoms. The number of likely N-dealkylation sites (tertiary alicyclic amines) is 2. The number of aromatic nitrogens is 3. The van der Waals surface area contributed by atoms with Gasteiger partial charge in [0.2, 0.25) is 11.8 Å². The lowest BCUT2D eigenvalue weighted by molar-refractivity contribution is -0.139. The predicted molar refractivity (Wildman–Crippen MR) is 86.5 cm³/mol. The number of carboxylic acids is 1. The van der Waals surface area contributed by atoms with Crippen LogP contribution in [0.2, 0.25) is 0 Å². The number of hydrogen-bond acceptors (Lipinski definition) is 5. The normalized spacial score (nSPS) is 23.5. The minimum absolute atomic E-state index is 0.00433. The van der Waals surface area contributed by atoms with E-state index in [4.69, 9.17) is 5.11 Å². The van der Waals surface area contributed by atoms with Crippen molar-refractivity contribution in [3.05, 3.63) is 11.9 Å². The topological polar surface area (TPSA) is 109 Å². The van der Waals surface area contributed by atoms with Gasteiger partial charge >= 0.3 is 5.97 Å². The summed E-state index contributed by atoms with van der Waals surface area (Å²) in [4.78, 5) is 38.7. The molecule has 3 rings (SSSR count). The van der Waals surface area contributed by atoms with E-state index in [0.29, 0.717) is 26.1 Å². The van der Waals surface area contributed by atoms with E-state index >= 15 is 0 Å². The number of aliphatic carboxylic acids is 1. The van der Waals surface area contributed by atoms with Crippen molar-refractivity contribution < 1.29 is 19.5 Å². The van der Waals surface area contributed by atoms with Crippen LogP contribution < -0.4 is 0 Å². The Labute approximate surface area is 145 Å². The van der Waals surface area contributed by atoms with Gasteiger partial charge in [-0.2, -0.15) is 0 Å². The average molecular weight is 349 g/mol. The molecule has 25 heavy (non-hydrogen) atoms. The molecule has 2 aliphatic rings. The number of hydrogen-bond donors (Lipinski definition) is 1. The lowest BCUT2D eigenvalue weighted by Gasteiger charge is -2.19. The number of carbonyl (C=O) groups excluding carboxylic acids is 2. The average Bonchev–Trinajstić information content (AvgIpc) is 3.25. The van der Waals surface area contributed by atoms with Gasteiger partial charge in [-0.25, -0.2) is 0 Å². The molecule has 0 aromatic carbocycles. The molecule has 0 unspecified atom stereocenters. The Balaban J connectivity index is 1.62. The lowest BCUT2D eigenvalue weighted by atomic mass is 9.91. The summed E-state index contributed by atoms with van der Waals surface area (Å²) in [5.41, 5.74) is 0.721. The van der Waals surface area contributed by atoms with Crippen LogP contribution >= 0.6 is 0 Å². The van der Waals surface area contributed by atoms with Crippen molar-refractivity contribution in [3.8, 4) is 0 Å². The van der Waals surface area contributed by atoms with E-state index in [-0.39, 0.29) is 36.5 Å². The van der Waals surface area contributed by atoms with Gasteiger partial charge in [0, 0.05) is 58.2 Å². The summed E-state index contributed by atoms with van der Waals surface area (Å²) in [6.07, 6.45) is 3.46. The highest BCUT2D eigenvalue weighted by molar-refractivity contribution is 5.80. The van der Waals surface area contributed by atoms with E-state index in [2.05, 4.69) is 10.3 Å². The lowest BCUT2D eigenvalue weighted by Crippen LogP contribution is -2.34. The largest absolute Gasteiger partial charge is 0.481 e. The van der Waals surface area contributed by atoms with E-state index < -0.39 is 5.97 Å². The quantitative estimate of drug-likeness (QED) is 0.765. The van der Waals surface area contributed by atoms with Crippen LogP contribution in [-0.2, 0) is 21.4 Å². The van der Waals surface area contributed by atoms with Gasteiger partial charge in [0.15, 0.2) is 0 Å². The van der Waals surface area contributed by atoms with Crippen molar-refractivity contribution in [2.75, 3.05) is 26.2 Å². The predicted octanol–water partition coefficient (Wildman–Crippen LogP) is -0.156. The van der Waals surface area contributed by atoms with Crippen molar-refractivity contribution in [1.82, 2.24) is 24.8 Å². The zero-order valence-electron chi connectivity index (χ0n) is 14.3. The smallest absolute Gasteiger partial charge is 0.303 e. The van der Waals surface area contributed by atoms with Crippen LogP contribution in [0.4, 0.5) is 0 Å². The highest BCUT2D eigenvalue weighted by Gasteiger charge is 2.38. The first-order valence-corrected chi connectivity index (χ1v) is 8.57. The minimum atomic E-state index is -0.879. The number of carboxylic acid groups (broad SMARTS) is 1. The van der Waals surface area contributed by atoms with Gasteiger partial charge in [-0.1, -0.05) is 5.21 Å². The molecule has 0 saturated carbocycles. The molecule has 2 fully saturated rings. The van der Waals surface area contributed by atoms with E-state index in [1.54, 1.807) is 27.7 Å². The van der Waals surface area contributed by atoms with Crippen molar-refractivity contribution >= 4 is 17.8 Å². The Hall–Kier alpha value is -2.45. The van der Waals surface area contributed by atoms with Gasteiger partial charge in [0.25, 0.3) is 0 Å². The van der Waals surface area contributed by atoms with E-state index in [0.717, 1.165) is 18.7 Å². The van der Waals surface area contributed by atoms with Crippen LogP contribution in [0.3, 0.4) is 0 Å². The Morgan fingerprint density at radius 2 is 2.16 bits per heavy atom. The van der Waals surface area contributed by atoms with Gasteiger partial charge in [0.05, 0.1) is 12.1 Å². The third-order valence-corrected chi connectivity index (χ3v) is 5.00. The molecule has 9 nitrogen and oxygen atoms in total. The maximum Gasteiger partial charge on any atom is 0.303 e. The van der Waals surface area contributed by atoms with Gasteiger partial charge < -0.3 is 14.9 Å². The number of amides is 2. The molecule has 3 heterocycles. The summed E-state index contributed by atoms with van der Waals surface area (Å²) in [7, 11) is 1.76. The Morgan fingerprint density at radius 3 is 2.76 bits per heavy atom. The monoisotopic (exact) mass is 349 g/mol. The third kappa shape index (κ3) is 3.97. The first kappa shape index (κ1) is 17.4. The number of aryl methyl sites for hydroxylation is 1. The minimum Gasteiger partial charge on any atom is -0.481 e. The highest BCUT2D eigenvalue weighted by Crippen LogP contribution is 2.34. The van der Waals surface area contributed by atoms with Crippen LogP contribution in [0.1, 0.15) is 37.3 Å². The molecule has 1 aromatic rings. The molecule has 0 aliphatic carbocycles. The fourth-order valence-electron chi connectivity index (χ4n) is 3.71. The Bertz CT molecular complexity index is 673. The second-order valence-electron chi connectivity index (χ2n) is 6.81. The number of nitrogens with zero attached hydrogens (tertiary/aromatic N) is 5. The molecule has 1 aromatic heterocycles. The van der Waals surface area contributed by atoms with Crippen LogP contribution in [0, 0.1) is 5.92 Å². The highest BCUT2D eigenvalue weighted by atomic mass is 16.4. The summed E-state index contributed by atoms with van der Waals surface area (Å²) < 4.78 is 1.58. The van der Waals surface area contributed by atoms with E-state index in [1.807, 2.05) is 0 Å². The van der Waals surface area contributed by atoms with Crippen LogP contribution in [-0.4, -0.2) is 73.9 Å². The van der Waals surface area contributed by atoms with Crippen molar-refractivity contribution in [1.29, 1.82) is 0 Å². The molecule has 2 aliphatic heterocycles. The summed E-state index contributed by atoms with van der Waals surface area (Å²) >= 11 is 0. The maximum absolute atomic E-state index is 12.5. The van der Waals surface area contributed by atoms with Crippen molar-refractivity contribution in [3.63, 3.8) is 0 Å². The van der Waals surface area contributed by atoms with Crippen LogP contribution in [0.5, 0.6) is 0 Å². The maximum atomic E-state index is 12.5. The Kier molecular flexibility index (Phi) is 5.00. The van der Waals surface area contributed by atoms with Gasteiger partial charge in [-0.15, -0.1) is 5.10 Å². The molecule has 1 N–H and O–H groups in total. The molecule has 2 atom stereocenters. The van der Waals surface area contributed by atoms with Crippen LogP contribution in [0.15, 0.2) is 6.20 Å². The molecular weight excluding hydrogens is 326 g/mol. The standard InChI is InChI=1S/C16H23N5O4/c1-19-10-13(17-18-19)12-9-21(8-11(12)7-16(24)25)15(23)4-6-20-5-2-3-14(20)22/h10-12H,2-9H2,1H3,(H,24,25)/t11-,12+/m0/s1. The number of rotatable bonds is 6. The molecule has 2 amide bonds. The third-order valence-electron chi connectivity index (χ3n) is 5.00. The molecule has 136 valence electrons. The summed E-state index contributed by atoms with van der Waals surface area (Å²) in [5, 5.41) is 17.2. The second-order valence-corrected chi connectivity index (χ2v) is 6.81. The molecule has 0 bridgehead atoms. The van der Waals surface area contributed by atoms with Crippen molar-refractivity contribution in [2.45, 2.75) is 31.6 Å². The molecule has 9 heteroatoms. The van der Waals surface area contributed by atoms with Gasteiger partial charge in [0.1, 0.15) is 0 Å². The Morgan fingerprint density at radius 1 is 1.36 bits per heavy atom. The zero-order valence-corrected chi connectivity index (χ0v) is 14.3. The van der Waals surface area contributed by atoms with Gasteiger partial charge in [-0.05, 0) is 12.3 Å². The molecular formula is C16H23N5O4. The summed E-state index contributed by atoms with van der Waals surface area (Å²) in [6.45, 7) is 2.01. The second kappa shape index (κ2) is 7.20. The summed E-state index contributed by atoms with van der Waals surface area (Å²) in [5.74, 6) is -1.11. The fourth-order valence-corrected chi connectivity index (χ4v) is 3.71. The molecule has 0 radical (unpaired) electrons. The first-order chi connectivity index (χ1) is 11.9. The van der Waals surface area contributed by atoms with Crippen molar-refractivity contribution in [2.24, 2.45) is 13.0 Å². The zero-order chi connectivity index (χ0) is 18.0. The van der Waals surface area contributed by atoms with Gasteiger partial charge in [-0.3, -0.25) is 19.1 Å².